The molecule has 0 aliphatic carbocycles. The molecule has 0 bridgehead atoms. The Labute approximate surface area is 161 Å². The van der Waals surface area contributed by atoms with Gasteiger partial charge in [0.25, 0.3) is 0 Å². The number of ether oxygens (including phenoxy) is 1. The second kappa shape index (κ2) is 8.22. The highest BCUT2D eigenvalue weighted by Gasteiger charge is 2.31. The number of aromatic nitrogens is 2. The molecule has 1 aromatic carbocycles. The number of aliphatic hydroxyl groups is 1. The van der Waals surface area contributed by atoms with E-state index in [2.05, 4.69) is 20.0 Å². The molecule has 0 unspecified atom stereocenters. The number of benzene rings is 1. The van der Waals surface area contributed by atoms with E-state index in [-0.39, 0.29) is 24.3 Å². The Hall–Kier alpha value is -2.55. The third-order valence-electron chi connectivity index (χ3n) is 4.70. The van der Waals surface area contributed by atoms with Crippen molar-refractivity contribution in [2.45, 2.75) is 39.2 Å². The second-order valence-corrected chi connectivity index (χ2v) is 7.07. The Morgan fingerprint density at radius 2 is 2.04 bits per heavy atom. The smallest absolute Gasteiger partial charge is 0.406 e. The number of fused-ring (bicyclic) bond motifs is 1. The van der Waals surface area contributed by atoms with Crippen molar-refractivity contribution in [3.05, 3.63) is 41.6 Å². The zero-order valence-corrected chi connectivity index (χ0v) is 15.7. The predicted octanol–water partition coefficient (Wildman–Crippen LogP) is 3.37. The van der Waals surface area contributed by atoms with E-state index >= 15 is 0 Å². The molecule has 2 N–H and O–H groups in total. The van der Waals surface area contributed by atoms with Gasteiger partial charge in [0.1, 0.15) is 11.6 Å². The molecule has 1 atom stereocenters. The lowest BCUT2D eigenvalue weighted by Crippen LogP contribution is -2.33. The van der Waals surface area contributed by atoms with Crippen LogP contribution in [-0.4, -0.2) is 40.6 Å². The molecule has 1 aliphatic heterocycles. The topological polar surface area (TPSA) is 70.5 Å². The van der Waals surface area contributed by atoms with Gasteiger partial charge >= 0.3 is 6.36 Å². The van der Waals surface area contributed by atoms with E-state index in [4.69, 9.17) is 0 Å². The van der Waals surface area contributed by atoms with Crippen LogP contribution in [-0.2, 0) is 13.0 Å². The first kappa shape index (κ1) is 20.2. The number of hydrogen-bond donors (Lipinski definition) is 2. The summed E-state index contributed by atoms with van der Waals surface area (Å²) in [5.41, 5.74) is 1.77. The van der Waals surface area contributed by atoms with E-state index < -0.39 is 6.36 Å². The fourth-order valence-corrected chi connectivity index (χ4v) is 3.11. The van der Waals surface area contributed by atoms with Crippen LogP contribution in [0.4, 0.5) is 24.9 Å². The first-order valence-electron chi connectivity index (χ1n) is 9.08. The molecule has 3 rings (SSSR count). The van der Waals surface area contributed by atoms with Gasteiger partial charge in [-0.15, -0.1) is 13.2 Å². The van der Waals surface area contributed by atoms with Gasteiger partial charge in [0, 0.05) is 19.3 Å². The summed E-state index contributed by atoms with van der Waals surface area (Å²) >= 11 is 0. The van der Waals surface area contributed by atoms with E-state index in [0.29, 0.717) is 31.3 Å². The lowest BCUT2D eigenvalue weighted by atomic mass is 9.99. The summed E-state index contributed by atoms with van der Waals surface area (Å²) in [6.07, 6.45) is -2.40. The largest absolute Gasteiger partial charge is 0.573 e. The summed E-state index contributed by atoms with van der Waals surface area (Å²) in [6, 6.07) is 6.04. The lowest BCUT2D eigenvalue weighted by Gasteiger charge is -2.30. The monoisotopic (exact) mass is 396 g/mol. The molecule has 0 saturated heterocycles. The van der Waals surface area contributed by atoms with Crippen molar-refractivity contribution in [2.75, 3.05) is 23.4 Å². The fourth-order valence-electron chi connectivity index (χ4n) is 3.11. The van der Waals surface area contributed by atoms with Crippen molar-refractivity contribution in [3.63, 3.8) is 0 Å². The molecule has 152 valence electrons. The second-order valence-electron chi connectivity index (χ2n) is 7.07. The number of nitrogens with one attached hydrogen (secondary N) is 1. The van der Waals surface area contributed by atoms with Crippen LogP contribution >= 0.6 is 0 Å². The lowest BCUT2D eigenvalue weighted by molar-refractivity contribution is -0.274. The molecule has 2 heterocycles. The third-order valence-corrected chi connectivity index (χ3v) is 4.70. The SMILES string of the molecule is CC(C)[C@@H](CO)Nc1nccc(N2CCc3ccc(OC(F)(F)F)cc3C2)n1. The Morgan fingerprint density at radius 1 is 1.25 bits per heavy atom. The molecule has 2 aromatic rings. The summed E-state index contributed by atoms with van der Waals surface area (Å²) < 4.78 is 41.5. The molecule has 0 spiro atoms. The average Bonchev–Trinajstić information content (AvgIpc) is 2.64. The van der Waals surface area contributed by atoms with Crippen molar-refractivity contribution in [2.24, 2.45) is 5.92 Å². The first-order chi connectivity index (χ1) is 13.2. The van der Waals surface area contributed by atoms with E-state index in [9.17, 15) is 18.3 Å². The summed E-state index contributed by atoms with van der Waals surface area (Å²) in [7, 11) is 0. The van der Waals surface area contributed by atoms with Crippen LogP contribution in [0.1, 0.15) is 25.0 Å². The Kier molecular flexibility index (Phi) is 5.93. The van der Waals surface area contributed by atoms with Crippen molar-refractivity contribution in [1.29, 1.82) is 0 Å². The maximum Gasteiger partial charge on any atom is 0.573 e. The van der Waals surface area contributed by atoms with Gasteiger partial charge in [0.15, 0.2) is 0 Å². The maximum absolute atomic E-state index is 12.5. The van der Waals surface area contributed by atoms with E-state index in [1.807, 2.05) is 18.7 Å². The zero-order chi connectivity index (χ0) is 20.3. The first-order valence-corrected chi connectivity index (χ1v) is 9.08. The minimum Gasteiger partial charge on any atom is -0.406 e. The van der Waals surface area contributed by atoms with E-state index in [1.54, 1.807) is 18.3 Å². The third kappa shape index (κ3) is 5.03. The molecular weight excluding hydrogens is 373 g/mol. The number of alkyl halides is 3. The van der Waals surface area contributed by atoms with Crippen LogP contribution in [0, 0.1) is 5.92 Å². The highest BCUT2D eigenvalue weighted by Crippen LogP contribution is 2.29. The van der Waals surface area contributed by atoms with Crippen molar-refractivity contribution < 1.29 is 23.0 Å². The average molecular weight is 396 g/mol. The van der Waals surface area contributed by atoms with Crippen LogP contribution in [0.3, 0.4) is 0 Å². The summed E-state index contributed by atoms with van der Waals surface area (Å²) in [6.45, 7) is 5.05. The van der Waals surface area contributed by atoms with E-state index in [0.717, 1.165) is 11.1 Å². The maximum atomic E-state index is 12.5. The van der Waals surface area contributed by atoms with Gasteiger partial charge in [0.05, 0.1) is 12.6 Å². The number of anilines is 2. The predicted molar refractivity (Wildman–Crippen MR) is 99.2 cm³/mol. The van der Waals surface area contributed by atoms with Gasteiger partial charge in [-0.2, -0.15) is 4.98 Å². The molecule has 0 amide bonds. The van der Waals surface area contributed by atoms with Crippen LogP contribution in [0.25, 0.3) is 0 Å². The van der Waals surface area contributed by atoms with Crippen molar-refractivity contribution >= 4 is 11.8 Å². The van der Waals surface area contributed by atoms with Crippen molar-refractivity contribution in [1.82, 2.24) is 9.97 Å². The minimum atomic E-state index is -4.71. The highest BCUT2D eigenvalue weighted by molar-refractivity contribution is 5.48. The van der Waals surface area contributed by atoms with Gasteiger partial charge in [-0.3, -0.25) is 0 Å². The minimum absolute atomic E-state index is 0.0374. The van der Waals surface area contributed by atoms with Gasteiger partial charge in [-0.1, -0.05) is 19.9 Å². The van der Waals surface area contributed by atoms with Gasteiger partial charge in [0.2, 0.25) is 5.95 Å². The zero-order valence-electron chi connectivity index (χ0n) is 15.7. The highest BCUT2D eigenvalue weighted by atomic mass is 19.4. The number of hydrogen-bond acceptors (Lipinski definition) is 6. The molecule has 1 aliphatic rings. The molecule has 6 nitrogen and oxygen atoms in total. The molecule has 28 heavy (non-hydrogen) atoms. The Balaban J connectivity index is 1.76. The quantitative estimate of drug-likeness (QED) is 0.780. The van der Waals surface area contributed by atoms with Crippen LogP contribution in [0.5, 0.6) is 5.75 Å². The fraction of sp³-hybridized carbons (Fsp3) is 0.474. The number of aliphatic hydroxyl groups excluding tert-OH is 1. The van der Waals surface area contributed by atoms with Gasteiger partial charge in [-0.05, 0) is 41.7 Å². The summed E-state index contributed by atoms with van der Waals surface area (Å²) in [5.74, 6) is 1.06. The molecule has 1 aromatic heterocycles. The molecule has 0 saturated carbocycles. The Bertz CT molecular complexity index is 814. The number of halogens is 3. The standard InChI is InChI=1S/C19H23F3N4O2/c1-12(2)16(11-27)24-18-23-7-5-17(25-18)26-8-6-13-3-4-15(9-14(13)10-26)28-19(20,21)22/h3-5,7,9,12,16,27H,6,8,10-11H2,1-2H3,(H,23,24,25)/t16-/m1/s1. The molecular formula is C19H23F3N4O2. The van der Waals surface area contributed by atoms with E-state index in [1.165, 1.54) is 12.1 Å². The van der Waals surface area contributed by atoms with Crippen LogP contribution in [0.15, 0.2) is 30.5 Å². The number of nitrogens with zero attached hydrogens (tertiary/aromatic N) is 3. The molecule has 0 fully saturated rings. The van der Waals surface area contributed by atoms with Gasteiger partial charge in [-0.25, -0.2) is 4.98 Å². The summed E-state index contributed by atoms with van der Waals surface area (Å²) in [4.78, 5) is 10.7. The molecule has 0 radical (unpaired) electrons. The van der Waals surface area contributed by atoms with Crippen molar-refractivity contribution in [3.8, 4) is 5.75 Å². The normalized spacial score (nSPS) is 15.3. The Morgan fingerprint density at radius 3 is 2.71 bits per heavy atom. The van der Waals surface area contributed by atoms with Crippen LogP contribution < -0.4 is 15.0 Å². The van der Waals surface area contributed by atoms with Crippen LogP contribution in [0.2, 0.25) is 0 Å². The van der Waals surface area contributed by atoms with Gasteiger partial charge < -0.3 is 20.1 Å². The molecule has 9 heteroatoms. The summed E-state index contributed by atoms with van der Waals surface area (Å²) in [5, 5.41) is 12.6. The number of rotatable bonds is 6.